The molecule has 100 valence electrons. The standard InChI is InChI=1S/C15H14N4O/c1-10(2)14-18-13(8-16)15(20-14)19-17-9-12-6-4-11(3)5-7-12/h4-7,9,19H,1H2,2-3H3/b17-9-. The van der Waals surface area contributed by atoms with E-state index in [9.17, 15) is 0 Å². The van der Waals surface area contributed by atoms with Crippen LogP contribution in [0.1, 0.15) is 29.6 Å². The minimum atomic E-state index is 0.157. The predicted octanol–water partition coefficient (Wildman–Crippen LogP) is 3.33. The molecule has 0 aliphatic heterocycles. The summed E-state index contributed by atoms with van der Waals surface area (Å²) in [5, 5.41) is 13.0. The van der Waals surface area contributed by atoms with Crippen molar-refractivity contribution >= 4 is 17.7 Å². The molecule has 1 aromatic heterocycles. The van der Waals surface area contributed by atoms with Crippen LogP contribution in [0.3, 0.4) is 0 Å². The molecule has 1 heterocycles. The van der Waals surface area contributed by atoms with Crippen LogP contribution < -0.4 is 5.43 Å². The quantitative estimate of drug-likeness (QED) is 0.680. The number of hydrogen-bond donors (Lipinski definition) is 1. The number of nitrogens with one attached hydrogen (secondary N) is 1. The molecule has 0 saturated heterocycles. The van der Waals surface area contributed by atoms with Crippen molar-refractivity contribution in [2.45, 2.75) is 13.8 Å². The first-order chi connectivity index (χ1) is 9.60. The van der Waals surface area contributed by atoms with Crippen molar-refractivity contribution in [1.82, 2.24) is 4.98 Å². The third-order valence-corrected chi connectivity index (χ3v) is 2.56. The zero-order valence-electron chi connectivity index (χ0n) is 11.3. The zero-order chi connectivity index (χ0) is 14.5. The summed E-state index contributed by atoms with van der Waals surface area (Å²) in [5.41, 5.74) is 5.61. The second kappa shape index (κ2) is 5.85. The molecule has 0 saturated carbocycles. The summed E-state index contributed by atoms with van der Waals surface area (Å²) in [5.74, 6) is 0.545. The van der Waals surface area contributed by atoms with E-state index in [0.29, 0.717) is 11.5 Å². The lowest BCUT2D eigenvalue weighted by Gasteiger charge is -1.96. The summed E-state index contributed by atoms with van der Waals surface area (Å²) in [7, 11) is 0. The fraction of sp³-hybridized carbons (Fsp3) is 0.133. The van der Waals surface area contributed by atoms with Gasteiger partial charge < -0.3 is 4.42 Å². The summed E-state index contributed by atoms with van der Waals surface area (Å²) < 4.78 is 5.37. The van der Waals surface area contributed by atoms with Gasteiger partial charge in [0.2, 0.25) is 11.6 Å². The van der Waals surface area contributed by atoms with Crippen molar-refractivity contribution < 1.29 is 4.42 Å². The zero-order valence-corrected chi connectivity index (χ0v) is 11.3. The predicted molar refractivity (Wildman–Crippen MR) is 78.3 cm³/mol. The maximum absolute atomic E-state index is 8.97. The molecular weight excluding hydrogens is 252 g/mol. The molecule has 0 aliphatic rings. The van der Waals surface area contributed by atoms with E-state index in [0.717, 1.165) is 5.56 Å². The highest BCUT2D eigenvalue weighted by atomic mass is 16.4. The summed E-state index contributed by atoms with van der Waals surface area (Å²) in [4.78, 5) is 4.00. The largest absolute Gasteiger partial charge is 0.418 e. The van der Waals surface area contributed by atoms with E-state index < -0.39 is 0 Å². The van der Waals surface area contributed by atoms with E-state index in [4.69, 9.17) is 9.68 Å². The van der Waals surface area contributed by atoms with E-state index in [1.54, 1.807) is 13.1 Å². The highest BCUT2D eigenvalue weighted by Gasteiger charge is 2.12. The summed E-state index contributed by atoms with van der Waals surface area (Å²) in [6, 6.07) is 9.84. The van der Waals surface area contributed by atoms with Crippen molar-refractivity contribution in [3.05, 3.63) is 53.6 Å². The van der Waals surface area contributed by atoms with Gasteiger partial charge in [0.1, 0.15) is 6.07 Å². The first-order valence-electron chi connectivity index (χ1n) is 6.02. The van der Waals surface area contributed by atoms with E-state index in [1.165, 1.54) is 5.56 Å². The van der Waals surface area contributed by atoms with Crippen LogP contribution in [-0.4, -0.2) is 11.2 Å². The van der Waals surface area contributed by atoms with Crippen molar-refractivity contribution in [2.75, 3.05) is 5.43 Å². The van der Waals surface area contributed by atoms with Crippen molar-refractivity contribution in [1.29, 1.82) is 5.26 Å². The van der Waals surface area contributed by atoms with Crippen LogP contribution in [-0.2, 0) is 0 Å². The highest BCUT2D eigenvalue weighted by Crippen LogP contribution is 2.20. The maximum atomic E-state index is 8.97. The van der Waals surface area contributed by atoms with Gasteiger partial charge in [0.05, 0.1) is 6.21 Å². The molecule has 0 aliphatic carbocycles. The molecule has 1 N–H and O–H groups in total. The molecule has 0 bridgehead atoms. The fourth-order valence-electron chi connectivity index (χ4n) is 1.47. The first-order valence-corrected chi connectivity index (χ1v) is 6.02. The normalized spacial score (nSPS) is 10.4. The van der Waals surface area contributed by atoms with Crippen molar-refractivity contribution in [3.63, 3.8) is 0 Å². The van der Waals surface area contributed by atoms with Gasteiger partial charge in [0, 0.05) is 5.57 Å². The topological polar surface area (TPSA) is 74.2 Å². The molecule has 0 unspecified atom stereocenters. The minimum Gasteiger partial charge on any atom is -0.418 e. The average molecular weight is 266 g/mol. The number of nitriles is 1. The molecule has 2 rings (SSSR count). The van der Waals surface area contributed by atoms with Gasteiger partial charge in [0.25, 0.3) is 5.88 Å². The first kappa shape index (κ1) is 13.6. The van der Waals surface area contributed by atoms with Crippen LogP contribution in [0.25, 0.3) is 5.57 Å². The molecule has 0 amide bonds. The minimum absolute atomic E-state index is 0.157. The Labute approximate surface area is 117 Å². The lowest BCUT2D eigenvalue weighted by molar-refractivity contribution is 0.554. The smallest absolute Gasteiger partial charge is 0.252 e. The van der Waals surface area contributed by atoms with E-state index >= 15 is 0 Å². The number of aromatic nitrogens is 1. The summed E-state index contributed by atoms with van der Waals surface area (Å²) in [6.07, 6.45) is 1.64. The second-order valence-corrected chi connectivity index (χ2v) is 4.37. The average Bonchev–Trinajstić information content (AvgIpc) is 2.84. The van der Waals surface area contributed by atoms with Crippen LogP contribution in [0.15, 0.2) is 40.4 Å². The Hall–Kier alpha value is -2.87. The molecule has 2 aromatic rings. The van der Waals surface area contributed by atoms with Crippen molar-refractivity contribution in [2.24, 2.45) is 5.10 Å². The van der Waals surface area contributed by atoms with Crippen LogP contribution in [0.2, 0.25) is 0 Å². The number of aryl methyl sites for hydroxylation is 1. The summed E-state index contributed by atoms with van der Waals surface area (Å²) >= 11 is 0. The third kappa shape index (κ3) is 3.12. The second-order valence-electron chi connectivity index (χ2n) is 4.37. The third-order valence-electron chi connectivity index (χ3n) is 2.56. The van der Waals surface area contributed by atoms with Crippen LogP contribution >= 0.6 is 0 Å². The summed E-state index contributed by atoms with van der Waals surface area (Å²) in [6.45, 7) is 7.49. The van der Waals surface area contributed by atoms with Crippen LogP contribution in [0.4, 0.5) is 5.88 Å². The molecule has 0 spiro atoms. The molecular formula is C15H14N4O. The Morgan fingerprint density at radius 1 is 1.45 bits per heavy atom. The Morgan fingerprint density at radius 2 is 2.15 bits per heavy atom. The van der Waals surface area contributed by atoms with Gasteiger partial charge in [-0.15, -0.1) is 0 Å². The van der Waals surface area contributed by atoms with Gasteiger partial charge in [0.15, 0.2) is 0 Å². The van der Waals surface area contributed by atoms with Crippen molar-refractivity contribution in [3.8, 4) is 6.07 Å². The number of rotatable bonds is 4. The van der Waals surface area contributed by atoms with Gasteiger partial charge >= 0.3 is 0 Å². The molecule has 5 heteroatoms. The number of allylic oxidation sites excluding steroid dienone is 1. The van der Waals surface area contributed by atoms with Gasteiger partial charge in [-0.05, 0) is 19.4 Å². The van der Waals surface area contributed by atoms with Gasteiger partial charge in [-0.3, -0.25) is 0 Å². The maximum Gasteiger partial charge on any atom is 0.252 e. The number of benzene rings is 1. The number of oxazole rings is 1. The number of anilines is 1. The van der Waals surface area contributed by atoms with E-state index in [2.05, 4.69) is 22.1 Å². The highest BCUT2D eigenvalue weighted by molar-refractivity contribution is 5.80. The number of hydrazone groups is 1. The lowest BCUT2D eigenvalue weighted by Crippen LogP contribution is -1.91. The van der Waals surface area contributed by atoms with E-state index in [-0.39, 0.29) is 11.6 Å². The Kier molecular flexibility index (Phi) is 3.96. The Bertz CT molecular complexity index is 690. The van der Waals surface area contributed by atoms with Gasteiger partial charge in [-0.25, -0.2) is 5.43 Å². The lowest BCUT2D eigenvalue weighted by atomic mass is 10.2. The van der Waals surface area contributed by atoms with Gasteiger partial charge in [-0.2, -0.15) is 15.3 Å². The Morgan fingerprint density at radius 3 is 2.75 bits per heavy atom. The number of hydrogen-bond acceptors (Lipinski definition) is 5. The SMILES string of the molecule is C=C(C)c1nc(C#N)c(N/N=C\c2ccc(C)cc2)o1. The molecule has 0 fully saturated rings. The molecule has 1 aromatic carbocycles. The van der Waals surface area contributed by atoms with Gasteiger partial charge in [-0.1, -0.05) is 36.4 Å². The molecule has 0 atom stereocenters. The Balaban J connectivity index is 2.12. The monoisotopic (exact) mass is 266 g/mol. The fourth-order valence-corrected chi connectivity index (χ4v) is 1.47. The molecule has 20 heavy (non-hydrogen) atoms. The molecule has 0 radical (unpaired) electrons. The van der Waals surface area contributed by atoms with E-state index in [1.807, 2.05) is 37.3 Å². The van der Waals surface area contributed by atoms with Crippen LogP contribution in [0.5, 0.6) is 0 Å². The molecule has 5 nitrogen and oxygen atoms in total. The van der Waals surface area contributed by atoms with Crippen LogP contribution in [0, 0.1) is 18.3 Å². The number of nitrogens with zero attached hydrogens (tertiary/aromatic N) is 3.